The first-order chi connectivity index (χ1) is 6.75. The predicted molar refractivity (Wildman–Crippen MR) is 56.7 cm³/mol. The summed E-state index contributed by atoms with van der Waals surface area (Å²) < 4.78 is 3.03. The molecule has 14 heavy (non-hydrogen) atoms. The molecule has 2 unspecified atom stereocenters. The van der Waals surface area contributed by atoms with Gasteiger partial charge >= 0.3 is 0 Å². The summed E-state index contributed by atoms with van der Waals surface area (Å²) in [6.07, 6.45) is 3.94. The summed E-state index contributed by atoms with van der Waals surface area (Å²) in [5.41, 5.74) is 0. The van der Waals surface area contributed by atoms with Gasteiger partial charge in [-0.1, -0.05) is 6.92 Å². The molecule has 0 aromatic carbocycles. The second kappa shape index (κ2) is 2.92. The zero-order chi connectivity index (χ0) is 9.71. The summed E-state index contributed by atoms with van der Waals surface area (Å²) in [5.74, 6) is 3.63. The molecule has 3 rings (SSSR count). The Hall–Kier alpha value is -0.640. The lowest BCUT2D eigenvalue weighted by Crippen LogP contribution is -2.05. The summed E-state index contributed by atoms with van der Waals surface area (Å²) in [4.78, 5) is 0. The molecule has 2 aliphatic carbocycles. The molecule has 1 aromatic rings. The van der Waals surface area contributed by atoms with Gasteiger partial charge in [0.15, 0.2) is 4.77 Å². The van der Waals surface area contributed by atoms with Gasteiger partial charge in [0.2, 0.25) is 0 Å². The number of hydrogen-bond acceptors (Lipinski definition) is 2. The standard InChI is InChI=1S/C10H15N3S/c1-6-4-8(6)5-13-9(7-2-3-7)11-12-10(13)14/h6-8H,2-5H2,1H3,(H,12,14). The van der Waals surface area contributed by atoms with E-state index in [9.17, 15) is 0 Å². The predicted octanol–water partition coefficient (Wildman–Crippen LogP) is 2.47. The van der Waals surface area contributed by atoms with Crippen molar-refractivity contribution in [2.75, 3.05) is 0 Å². The lowest BCUT2D eigenvalue weighted by Gasteiger charge is -2.04. The lowest BCUT2D eigenvalue weighted by atomic mass is 10.3. The fourth-order valence-corrected chi connectivity index (χ4v) is 2.26. The van der Waals surface area contributed by atoms with Gasteiger partial charge in [-0.25, -0.2) is 0 Å². The second-order valence-corrected chi connectivity index (χ2v) is 5.13. The van der Waals surface area contributed by atoms with Crippen molar-refractivity contribution < 1.29 is 0 Å². The Bertz CT molecular complexity index is 402. The average molecular weight is 209 g/mol. The van der Waals surface area contributed by atoms with Crippen LogP contribution in [0.1, 0.15) is 37.9 Å². The quantitative estimate of drug-likeness (QED) is 0.776. The van der Waals surface area contributed by atoms with E-state index in [0.717, 1.165) is 23.2 Å². The molecule has 1 aromatic heterocycles. The van der Waals surface area contributed by atoms with Gasteiger partial charge < -0.3 is 4.57 Å². The van der Waals surface area contributed by atoms with Gasteiger partial charge in [0.25, 0.3) is 0 Å². The minimum atomic E-state index is 0.692. The molecule has 2 atom stereocenters. The summed E-state index contributed by atoms with van der Waals surface area (Å²) in [7, 11) is 0. The molecule has 76 valence electrons. The van der Waals surface area contributed by atoms with Gasteiger partial charge in [-0.15, -0.1) is 0 Å². The highest BCUT2D eigenvalue weighted by Gasteiger charge is 2.35. The molecular weight excluding hydrogens is 194 g/mol. The van der Waals surface area contributed by atoms with Gasteiger partial charge in [0.1, 0.15) is 5.82 Å². The minimum absolute atomic E-state index is 0.692. The zero-order valence-corrected chi connectivity index (χ0v) is 9.18. The minimum Gasteiger partial charge on any atom is -0.304 e. The number of hydrogen-bond donors (Lipinski definition) is 1. The third kappa shape index (κ3) is 1.41. The molecule has 1 N–H and O–H groups in total. The fraction of sp³-hybridized carbons (Fsp3) is 0.800. The Labute approximate surface area is 88.5 Å². The molecule has 2 saturated carbocycles. The van der Waals surface area contributed by atoms with Gasteiger partial charge in [-0.05, 0) is 43.3 Å². The molecule has 2 fully saturated rings. The van der Waals surface area contributed by atoms with Crippen molar-refractivity contribution in [3.63, 3.8) is 0 Å². The van der Waals surface area contributed by atoms with Crippen molar-refractivity contribution in [1.29, 1.82) is 0 Å². The van der Waals surface area contributed by atoms with E-state index in [-0.39, 0.29) is 0 Å². The van der Waals surface area contributed by atoms with Crippen LogP contribution in [0.15, 0.2) is 0 Å². The Balaban J connectivity index is 1.86. The van der Waals surface area contributed by atoms with E-state index in [0.29, 0.717) is 5.92 Å². The van der Waals surface area contributed by atoms with Crippen LogP contribution in [0.3, 0.4) is 0 Å². The van der Waals surface area contributed by atoms with E-state index in [4.69, 9.17) is 12.2 Å². The third-order valence-electron chi connectivity index (χ3n) is 3.42. The van der Waals surface area contributed by atoms with Crippen molar-refractivity contribution in [3.8, 4) is 0 Å². The topological polar surface area (TPSA) is 33.6 Å². The molecule has 0 bridgehead atoms. The SMILES string of the molecule is CC1CC1Cn1c(C2CC2)n[nH]c1=S. The maximum absolute atomic E-state index is 5.25. The first kappa shape index (κ1) is 8.65. The zero-order valence-electron chi connectivity index (χ0n) is 8.36. The molecule has 2 aliphatic rings. The van der Waals surface area contributed by atoms with Crippen molar-refractivity contribution in [3.05, 3.63) is 10.6 Å². The maximum Gasteiger partial charge on any atom is 0.195 e. The van der Waals surface area contributed by atoms with E-state index in [1.165, 1.54) is 25.1 Å². The maximum atomic E-state index is 5.25. The van der Waals surface area contributed by atoms with E-state index in [1.54, 1.807) is 0 Å². The van der Waals surface area contributed by atoms with Crippen molar-refractivity contribution >= 4 is 12.2 Å². The van der Waals surface area contributed by atoms with Crippen LogP contribution >= 0.6 is 12.2 Å². The summed E-state index contributed by atoms with van der Waals surface area (Å²) in [6.45, 7) is 3.40. The molecule has 0 saturated heterocycles. The highest BCUT2D eigenvalue weighted by Crippen LogP contribution is 2.42. The smallest absolute Gasteiger partial charge is 0.195 e. The average Bonchev–Trinajstić information content (AvgIpc) is 3.03. The number of nitrogens with zero attached hydrogens (tertiary/aromatic N) is 2. The molecule has 0 amide bonds. The summed E-state index contributed by atoms with van der Waals surface area (Å²) in [5, 5.41) is 7.25. The summed E-state index contributed by atoms with van der Waals surface area (Å²) >= 11 is 5.25. The Morgan fingerprint density at radius 1 is 1.57 bits per heavy atom. The van der Waals surface area contributed by atoms with E-state index in [1.807, 2.05) is 0 Å². The monoisotopic (exact) mass is 209 g/mol. The molecule has 0 aliphatic heterocycles. The van der Waals surface area contributed by atoms with Gasteiger partial charge in [-0.2, -0.15) is 5.10 Å². The second-order valence-electron chi connectivity index (χ2n) is 4.74. The number of H-pyrrole nitrogens is 1. The summed E-state index contributed by atoms with van der Waals surface area (Å²) in [6, 6.07) is 0. The van der Waals surface area contributed by atoms with E-state index in [2.05, 4.69) is 21.7 Å². The van der Waals surface area contributed by atoms with Crippen LogP contribution in [0.5, 0.6) is 0 Å². The van der Waals surface area contributed by atoms with Crippen LogP contribution in [-0.4, -0.2) is 14.8 Å². The Morgan fingerprint density at radius 3 is 2.86 bits per heavy atom. The molecule has 3 nitrogen and oxygen atoms in total. The van der Waals surface area contributed by atoms with Crippen LogP contribution < -0.4 is 0 Å². The number of aromatic nitrogens is 3. The first-order valence-corrected chi connectivity index (χ1v) is 5.81. The van der Waals surface area contributed by atoms with E-state index < -0.39 is 0 Å². The molecule has 1 heterocycles. The highest BCUT2D eigenvalue weighted by atomic mass is 32.1. The van der Waals surface area contributed by atoms with Crippen LogP contribution in [0.4, 0.5) is 0 Å². The number of rotatable bonds is 3. The van der Waals surface area contributed by atoms with Crippen LogP contribution in [0.25, 0.3) is 0 Å². The molecule has 0 spiro atoms. The lowest BCUT2D eigenvalue weighted by molar-refractivity contribution is 0.564. The van der Waals surface area contributed by atoms with Gasteiger partial charge in [0, 0.05) is 12.5 Å². The Kier molecular flexibility index (Phi) is 1.81. The number of nitrogens with one attached hydrogen (secondary N) is 1. The molecule has 4 heteroatoms. The normalized spacial score (nSPS) is 30.6. The number of aromatic amines is 1. The van der Waals surface area contributed by atoms with Crippen LogP contribution in [-0.2, 0) is 6.54 Å². The molecule has 0 radical (unpaired) electrons. The van der Waals surface area contributed by atoms with E-state index >= 15 is 0 Å². The van der Waals surface area contributed by atoms with Crippen LogP contribution in [0.2, 0.25) is 0 Å². The van der Waals surface area contributed by atoms with Gasteiger partial charge in [-0.3, -0.25) is 5.10 Å². The Morgan fingerprint density at radius 2 is 2.29 bits per heavy atom. The fourth-order valence-electron chi connectivity index (χ4n) is 2.05. The van der Waals surface area contributed by atoms with Crippen LogP contribution in [0, 0.1) is 16.6 Å². The third-order valence-corrected chi connectivity index (χ3v) is 3.74. The van der Waals surface area contributed by atoms with Gasteiger partial charge in [0.05, 0.1) is 0 Å². The largest absolute Gasteiger partial charge is 0.304 e. The highest BCUT2D eigenvalue weighted by molar-refractivity contribution is 7.71. The van der Waals surface area contributed by atoms with Crippen molar-refractivity contribution in [2.24, 2.45) is 11.8 Å². The van der Waals surface area contributed by atoms with Crippen molar-refractivity contribution in [1.82, 2.24) is 14.8 Å². The van der Waals surface area contributed by atoms with Crippen molar-refractivity contribution in [2.45, 2.75) is 38.6 Å². The first-order valence-electron chi connectivity index (χ1n) is 5.41. The molecular formula is C10H15N3S.